The maximum Gasteiger partial charge on any atom is 0.0975 e. The van der Waals surface area contributed by atoms with Gasteiger partial charge in [0.05, 0.1) is 5.60 Å². The number of benzene rings is 1. The van der Waals surface area contributed by atoms with Gasteiger partial charge in [0.2, 0.25) is 0 Å². The molecule has 2 nitrogen and oxygen atoms in total. The van der Waals surface area contributed by atoms with Crippen molar-refractivity contribution < 1.29 is 9.47 Å². The number of rotatable bonds is 3. The van der Waals surface area contributed by atoms with Gasteiger partial charge in [0.15, 0.2) is 0 Å². The van der Waals surface area contributed by atoms with Crippen molar-refractivity contribution >= 4 is 0 Å². The fraction of sp³-hybridized carbons (Fsp3) is 0.538. The third-order valence-corrected chi connectivity index (χ3v) is 2.97. The van der Waals surface area contributed by atoms with Crippen LogP contribution in [0, 0.1) is 6.07 Å². The van der Waals surface area contributed by atoms with Gasteiger partial charge in [-0.05, 0) is 18.6 Å². The Hall–Kier alpha value is -0.860. The van der Waals surface area contributed by atoms with Gasteiger partial charge in [-0.25, -0.2) is 0 Å². The first-order valence-corrected chi connectivity index (χ1v) is 5.56. The second-order valence-electron chi connectivity index (χ2n) is 3.83. The Morgan fingerprint density at radius 2 is 2.00 bits per heavy atom. The minimum absolute atomic E-state index is 0.123. The van der Waals surface area contributed by atoms with Gasteiger partial charge in [0, 0.05) is 32.7 Å². The molecule has 0 bridgehead atoms. The summed E-state index contributed by atoms with van der Waals surface area (Å²) in [6, 6.07) is 11.1. The van der Waals surface area contributed by atoms with E-state index in [0.29, 0.717) is 0 Å². The van der Waals surface area contributed by atoms with Crippen molar-refractivity contribution in [2.24, 2.45) is 0 Å². The number of hydrogen-bond acceptors (Lipinski definition) is 2. The molecule has 0 saturated carbocycles. The molecule has 1 aliphatic rings. The lowest BCUT2D eigenvalue weighted by Crippen LogP contribution is -2.36. The third kappa shape index (κ3) is 2.21. The summed E-state index contributed by atoms with van der Waals surface area (Å²) in [6.45, 7) is 4.38. The fourth-order valence-electron chi connectivity index (χ4n) is 2.18. The van der Waals surface area contributed by atoms with E-state index in [0.717, 1.165) is 32.7 Å². The van der Waals surface area contributed by atoms with Gasteiger partial charge in [-0.1, -0.05) is 24.3 Å². The molecule has 0 N–H and O–H groups in total. The Morgan fingerprint density at radius 3 is 2.60 bits per heavy atom. The van der Waals surface area contributed by atoms with Gasteiger partial charge >= 0.3 is 0 Å². The van der Waals surface area contributed by atoms with Gasteiger partial charge in [-0.15, -0.1) is 0 Å². The van der Waals surface area contributed by atoms with Crippen LogP contribution >= 0.6 is 0 Å². The molecule has 1 fully saturated rings. The van der Waals surface area contributed by atoms with E-state index in [1.807, 2.05) is 19.1 Å². The highest BCUT2D eigenvalue weighted by Gasteiger charge is 2.34. The monoisotopic (exact) mass is 205 g/mol. The van der Waals surface area contributed by atoms with E-state index in [-0.39, 0.29) is 5.60 Å². The van der Waals surface area contributed by atoms with E-state index in [9.17, 15) is 0 Å². The van der Waals surface area contributed by atoms with E-state index in [1.165, 1.54) is 5.56 Å². The first kappa shape index (κ1) is 10.7. The Labute approximate surface area is 91.2 Å². The number of ether oxygens (including phenoxy) is 2. The van der Waals surface area contributed by atoms with Crippen LogP contribution < -0.4 is 0 Å². The normalized spacial score (nSPS) is 20.1. The van der Waals surface area contributed by atoms with Crippen LogP contribution in [-0.2, 0) is 15.1 Å². The van der Waals surface area contributed by atoms with Gasteiger partial charge in [0.1, 0.15) is 0 Å². The summed E-state index contributed by atoms with van der Waals surface area (Å²) < 4.78 is 11.4. The standard InChI is InChI=1S/C13H17O2/c1-2-15-13(8-10-14-11-9-13)12-6-4-3-5-7-12/h4-7H,2,8-11H2,1H3. The lowest BCUT2D eigenvalue weighted by molar-refractivity contribution is -0.112. The summed E-state index contributed by atoms with van der Waals surface area (Å²) in [4.78, 5) is 0. The minimum atomic E-state index is -0.123. The summed E-state index contributed by atoms with van der Waals surface area (Å²) in [7, 11) is 0. The molecule has 1 aromatic rings. The SMILES string of the molecule is CCOC1(c2cc[c]cc2)CCOCC1. The molecule has 2 heteroatoms. The van der Waals surface area contributed by atoms with Gasteiger partial charge in [-0.2, -0.15) is 0 Å². The van der Waals surface area contributed by atoms with Crippen molar-refractivity contribution in [1.29, 1.82) is 0 Å². The van der Waals surface area contributed by atoms with Crippen LogP contribution in [0.15, 0.2) is 24.3 Å². The zero-order valence-corrected chi connectivity index (χ0v) is 9.16. The van der Waals surface area contributed by atoms with Crippen LogP contribution in [0.25, 0.3) is 0 Å². The van der Waals surface area contributed by atoms with Crippen molar-refractivity contribution in [1.82, 2.24) is 0 Å². The lowest BCUT2D eigenvalue weighted by Gasteiger charge is -2.37. The van der Waals surface area contributed by atoms with E-state index in [1.54, 1.807) is 0 Å². The molecule has 1 heterocycles. The van der Waals surface area contributed by atoms with Gasteiger partial charge in [-0.3, -0.25) is 0 Å². The molecule has 15 heavy (non-hydrogen) atoms. The van der Waals surface area contributed by atoms with Crippen LogP contribution in [-0.4, -0.2) is 19.8 Å². The van der Waals surface area contributed by atoms with Gasteiger partial charge in [0.25, 0.3) is 0 Å². The molecule has 1 aliphatic heterocycles. The van der Waals surface area contributed by atoms with Crippen LogP contribution in [0.3, 0.4) is 0 Å². The molecule has 1 aromatic carbocycles. The van der Waals surface area contributed by atoms with Crippen LogP contribution in [0.4, 0.5) is 0 Å². The Bertz CT molecular complexity index is 283. The summed E-state index contributed by atoms with van der Waals surface area (Å²) in [5.74, 6) is 0. The molecule has 0 amide bonds. The molecule has 81 valence electrons. The molecular formula is C13H17O2. The van der Waals surface area contributed by atoms with Crippen molar-refractivity contribution in [2.45, 2.75) is 25.4 Å². The second-order valence-corrected chi connectivity index (χ2v) is 3.83. The Morgan fingerprint density at radius 1 is 1.33 bits per heavy atom. The van der Waals surface area contributed by atoms with E-state index in [2.05, 4.69) is 18.2 Å². The average Bonchev–Trinajstić information content (AvgIpc) is 2.32. The summed E-state index contributed by atoms with van der Waals surface area (Å²) >= 11 is 0. The quantitative estimate of drug-likeness (QED) is 0.755. The van der Waals surface area contributed by atoms with E-state index in [4.69, 9.17) is 9.47 Å². The predicted octanol–water partition coefficient (Wildman–Crippen LogP) is 2.53. The summed E-state index contributed by atoms with van der Waals surface area (Å²) in [6.07, 6.45) is 1.90. The third-order valence-electron chi connectivity index (χ3n) is 2.97. The Kier molecular flexibility index (Phi) is 3.39. The molecular weight excluding hydrogens is 188 g/mol. The van der Waals surface area contributed by atoms with E-state index < -0.39 is 0 Å². The summed E-state index contributed by atoms with van der Waals surface area (Å²) in [5.41, 5.74) is 1.13. The largest absolute Gasteiger partial charge is 0.381 e. The smallest absolute Gasteiger partial charge is 0.0975 e. The van der Waals surface area contributed by atoms with Crippen LogP contribution in [0.1, 0.15) is 25.3 Å². The molecule has 0 aliphatic carbocycles. The lowest BCUT2D eigenvalue weighted by atomic mass is 9.86. The highest BCUT2D eigenvalue weighted by Crippen LogP contribution is 2.35. The van der Waals surface area contributed by atoms with Gasteiger partial charge < -0.3 is 9.47 Å². The van der Waals surface area contributed by atoms with E-state index >= 15 is 0 Å². The Balaban J connectivity index is 2.25. The zero-order chi connectivity index (χ0) is 10.6. The van der Waals surface area contributed by atoms with Crippen LogP contribution in [0.5, 0.6) is 0 Å². The molecule has 0 unspecified atom stereocenters. The van der Waals surface area contributed by atoms with Crippen LogP contribution in [0.2, 0.25) is 0 Å². The van der Waals surface area contributed by atoms with Crippen molar-refractivity contribution in [2.75, 3.05) is 19.8 Å². The molecule has 0 spiro atoms. The number of hydrogen-bond donors (Lipinski definition) is 0. The molecule has 0 aromatic heterocycles. The average molecular weight is 205 g/mol. The highest BCUT2D eigenvalue weighted by atomic mass is 16.5. The molecule has 1 radical (unpaired) electrons. The molecule has 0 atom stereocenters. The fourth-order valence-corrected chi connectivity index (χ4v) is 2.18. The topological polar surface area (TPSA) is 18.5 Å². The minimum Gasteiger partial charge on any atom is -0.381 e. The molecule has 1 saturated heterocycles. The van der Waals surface area contributed by atoms with Crippen molar-refractivity contribution in [3.63, 3.8) is 0 Å². The van der Waals surface area contributed by atoms with Crippen molar-refractivity contribution in [3.05, 3.63) is 35.9 Å². The second kappa shape index (κ2) is 4.77. The predicted molar refractivity (Wildman–Crippen MR) is 58.6 cm³/mol. The first-order chi connectivity index (χ1) is 7.37. The maximum absolute atomic E-state index is 5.96. The first-order valence-electron chi connectivity index (χ1n) is 5.56. The van der Waals surface area contributed by atoms with Crippen molar-refractivity contribution in [3.8, 4) is 0 Å². The summed E-state index contributed by atoms with van der Waals surface area (Å²) in [5, 5.41) is 0. The highest BCUT2D eigenvalue weighted by molar-refractivity contribution is 5.22. The molecule has 2 rings (SSSR count). The zero-order valence-electron chi connectivity index (χ0n) is 9.16. The maximum atomic E-state index is 5.96.